The molecule has 0 fully saturated rings. The van der Waals surface area contributed by atoms with Crippen LogP contribution in [-0.4, -0.2) is 16.0 Å². The average Bonchev–Trinajstić information content (AvgIpc) is 3.32. The van der Waals surface area contributed by atoms with Crippen LogP contribution in [0.25, 0.3) is 22.2 Å². The lowest BCUT2D eigenvalue weighted by Crippen LogP contribution is -2.28. The minimum absolute atomic E-state index is 0. The first-order valence-corrected chi connectivity index (χ1v) is 9.59. The molecule has 5 heteroatoms. The normalized spacial score (nSPS) is 13.0. The quantitative estimate of drug-likeness (QED) is 0.444. The first-order chi connectivity index (χ1) is 13.3. The van der Waals surface area contributed by atoms with Gasteiger partial charge < -0.3 is 10.3 Å². The summed E-state index contributed by atoms with van der Waals surface area (Å²) in [5, 5.41) is 3.74. The number of aryl methyl sites for hydroxylation is 1. The van der Waals surface area contributed by atoms with E-state index in [2.05, 4.69) is 82.9 Å². The van der Waals surface area contributed by atoms with Gasteiger partial charge in [0.1, 0.15) is 0 Å². The van der Waals surface area contributed by atoms with Crippen LogP contribution in [0.4, 0.5) is 0 Å². The zero-order chi connectivity index (χ0) is 18.2. The molecule has 3 aromatic carbocycles. The molecule has 0 saturated carbocycles. The Kier molecular flexibility index (Phi) is 6.63. The lowest BCUT2D eigenvalue weighted by molar-refractivity contribution is 0.533. The van der Waals surface area contributed by atoms with E-state index in [9.17, 15) is 0 Å². The van der Waals surface area contributed by atoms with Gasteiger partial charge >= 0.3 is 0 Å². The molecule has 2 N–H and O–H groups in total. The van der Waals surface area contributed by atoms with Crippen molar-refractivity contribution in [2.45, 2.75) is 32.4 Å². The second kappa shape index (κ2) is 9.00. The molecule has 0 aliphatic heterocycles. The fraction of sp³-hybridized carbons (Fsp3) is 0.208. The zero-order valence-electron chi connectivity index (χ0n) is 16.3. The van der Waals surface area contributed by atoms with Crippen LogP contribution in [-0.2, 0) is 19.4 Å². The van der Waals surface area contributed by atoms with E-state index >= 15 is 0 Å². The van der Waals surface area contributed by atoms with E-state index in [-0.39, 0.29) is 24.8 Å². The Bertz CT molecular complexity index is 1100. The Hall–Kier alpha value is -2.33. The molecule has 0 spiro atoms. The molecule has 0 atom stereocenters. The fourth-order valence-corrected chi connectivity index (χ4v) is 4.22. The molecule has 0 radical (unpaired) electrons. The summed E-state index contributed by atoms with van der Waals surface area (Å²) in [5.74, 6) is 0. The highest BCUT2D eigenvalue weighted by Gasteiger charge is 2.20. The van der Waals surface area contributed by atoms with Gasteiger partial charge in [-0.05, 0) is 65.3 Å². The summed E-state index contributed by atoms with van der Waals surface area (Å²) in [6.07, 6.45) is 4.02. The summed E-state index contributed by atoms with van der Waals surface area (Å²) in [6, 6.07) is 22.5. The van der Waals surface area contributed by atoms with E-state index in [0.29, 0.717) is 6.04 Å². The maximum absolute atomic E-state index is 4.38. The van der Waals surface area contributed by atoms with Crippen molar-refractivity contribution in [2.24, 2.45) is 0 Å². The van der Waals surface area contributed by atoms with Crippen molar-refractivity contribution in [1.82, 2.24) is 15.3 Å². The highest BCUT2D eigenvalue weighted by atomic mass is 35.5. The number of nitrogens with zero attached hydrogens (tertiary/aromatic N) is 1. The number of halogens is 2. The number of imidazole rings is 1. The SMILES string of the molecule is Cc1cc(CNC2Cc3ccccc3C2)ccc1-c1ccc2[nH]cnc2c1.Cl.Cl. The minimum Gasteiger partial charge on any atom is -0.345 e. The fourth-order valence-electron chi connectivity index (χ4n) is 4.22. The number of hydrogen-bond donors (Lipinski definition) is 2. The van der Waals surface area contributed by atoms with Crippen molar-refractivity contribution in [3.05, 3.63) is 89.2 Å². The minimum atomic E-state index is 0. The second-order valence-electron chi connectivity index (χ2n) is 7.54. The summed E-state index contributed by atoms with van der Waals surface area (Å²) >= 11 is 0. The smallest absolute Gasteiger partial charge is 0.0931 e. The molecular formula is C24H25Cl2N3. The maximum atomic E-state index is 4.38. The van der Waals surface area contributed by atoms with Gasteiger partial charge in [-0.25, -0.2) is 4.98 Å². The third-order valence-corrected chi connectivity index (χ3v) is 5.67. The molecule has 150 valence electrons. The van der Waals surface area contributed by atoms with E-state index < -0.39 is 0 Å². The lowest BCUT2D eigenvalue weighted by Gasteiger charge is -2.14. The van der Waals surface area contributed by atoms with Gasteiger partial charge in [-0.1, -0.05) is 48.5 Å². The number of aromatic amines is 1. The van der Waals surface area contributed by atoms with Crippen molar-refractivity contribution in [3.8, 4) is 11.1 Å². The predicted molar refractivity (Wildman–Crippen MR) is 125 cm³/mol. The van der Waals surface area contributed by atoms with Gasteiger partial charge in [0.25, 0.3) is 0 Å². The van der Waals surface area contributed by atoms with Crippen LogP contribution in [0.1, 0.15) is 22.3 Å². The molecule has 1 aromatic heterocycles. The Morgan fingerprint density at radius 3 is 2.45 bits per heavy atom. The van der Waals surface area contributed by atoms with Crippen LogP contribution >= 0.6 is 24.8 Å². The van der Waals surface area contributed by atoms with Gasteiger partial charge in [0.2, 0.25) is 0 Å². The number of nitrogens with one attached hydrogen (secondary N) is 2. The van der Waals surface area contributed by atoms with Crippen LogP contribution in [0.2, 0.25) is 0 Å². The van der Waals surface area contributed by atoms with Crippen LogP contribution in [0.15, 0.2) is 67.0 Å². The Morgan fingerprint density at radius 2 is 1.72 bits per heavy atom. The molecule has 29 heavy (non-hydrogen) atoms. The molecule has 0 amide bonds. The summed E-state index contributed by atoms with van der Waals surface area (Å²) < 4.78 is 0. The summed E-state index contributed by atoms with van der Waals surface area (Å²) in [6.45, 7) is 3.11. The largest absolute Gasteiger partial charge is 0.345 e. The van der Waals surface area contributed by atoms with E-state index in [4.69, 9.17) is 0 Å². The third-order valence-electron chi connectivity index (χ3n) is 5.67. The van der Waals surface area contributed by atoms with Gasteiger partial charge in [0.15, 0.2) is 0 Å². The molecule has 3 nitrogen and oxygen atoms in total. The van der Waals surface area contributed by atoms with Crippen LogP contribution in [0.3, 0.4) is 0 Å². The Labute approximate surface area is 183 Å². The molecule has 4 aromatic rings. The van der Waals surface area contributed by atoms with Crippen LogP contribution in [0, 0.1) is 6.92 Å². The van der Waals surface area contributed by atoms with E-state index in [0.717, 1.165) is 30.4 Å². The van der Waals surface area contributed by atoms with Gasteiger partial charge in [-0.3, -0.25) is 0 Å². The molecule has 0 unspecified atom stereocenters. The summed E-state index contributed by atoms with van der Waals surface area (Å²) in [5.41, 5.74) is 10.2. The predicted octanol–water partition coefficient (Wildman–Crippen LogP) is 5.64. The van der Waals surface area contributed by atoms with Crippen molar-refractivity contribution in [3.63, 3.8) is 0 Å². The van der Waals surface area contributed by atoms with Gasteiger partial charge in [-0.15, -0.1) is 24.8 Å². The van der Waals surface area contributed by atoms with Crippen molar-refractivity contribution in [1.29, 1.82) is 0 Å². The second-order valence-corrected chi connectivity index (χ2v) is 7.54. The molecule has 5 rings (SSSR count). The number of rotatable bonds is 4. The molecule has 1 aliphatic rings. The maximum Gasteiger partial charge on any atom is 0.0931 e. The molecule has 0 saturated heterocycles. The van der Waals surface area contributed by atoms with Crippen LogP contribution in [0.5, 0.6) is 0 Å². The topological polar surface area (TPSA) is 40.7 Å². The van der Waals surface area contributed by atoms with Gasteiger partial charge in [0, 0.05) is 12.6 Å². The first kappa shape index (κ1) is 21.4. The van der Waals surface area contributed by atoms with Crippen molar-refractivity contribution in [2.75, 3.05) is 0 Å². The standard InChI is InChI=1S/C24H23N3.2ClH/c1-16-10-17(14-25-21-11-18-4-2-3-5-19(18)12-21)6-8-22(16)20-7-9-23-24(13-20)27-15-26-23;;/h2-10,13,15,21,25H,11-12,14H2,1H3,(H,26,27);2*1H. The third kappa shape index (κ3) is 4.32. The lowest BCUT2D eigenvalue weighted by atomic mass is 9.98. The van der Waals surface area contributed by atoms with E-state index in [1.165, 1.54) is 33.4 Å². The number of H-pyrrole nitrogens is 1. The monoisotopic (exact) mass is 425 g/mol. The molecule has 1 heterocycles. The number of hydrogen-bond acceptors (Lipinski definition) is 2. The summed E-state index contributed by atoms with van der Waals surface area (Å²) in [4.78, 5) is 7.53. The average molecular weight is 426 g/mol. The molecule has 1 aliphatic carbocycles. The van der Waals surface area contributed by atoms with Crippen molar-refractivity contribution < 1.29 is 0 Å². The summed E-state index contributed by atoms with van der Waals surface area (Å²) in [7, 11) is 0. The van der Waals surface area contributed by atoms with Gasteiger partial charge in [0.05, 0.1) is 17.4 Å². The highest BCUT2D eigenvalue weighted by Crippen LogP contribution is 2.27. The van der Waals surface area contributed by atoms with Crippen molar-refractivity contribution >= 4 is 35.8 Å². The van der Waals surface area contributed by atoms with Gasteiger partial charge in [-0.2, -0.15) is 0 Å². The first-order valence-electron chi connectivity index (χ1n) is 9.59. The van der Waals surface area contributed by atoms with Crippen LogP contribution < -0.4 is 5.32 Å². The Morgan fingerprint density at radius 1 is 0.966 bits per heavy atom. The number of fused-ring (bicyclic) bond motifs is 2. The zero-order valence-corrected chi connectivity index (χ0v) is 17.9. The molecular weight excluding hydrogens is 401 g/mol. The van der Waals surface area contributed by atoms with E-state index in [1.54, 1.807) is 6.33 Å². The molecule has 0 bridgehead atoms. The van der Waals surface area contributed by atoms with E-state index in [1.807, 2.05) is 0 Å². The number of aromatic nitrogens is 2. The highest BCUT2D eigenvalue weighted by molar-refractivity contribution is 5.85. The Balaban J connectivity index is 0.00000120. The number of benzene rings is 3.